The number of carboxylic acids is 1. The molecule has 0 unspecified atom stereocenters. The van der Waals surface area contributed by atoms with Crippen molar-refractivity contribution in [1.29, 1.82) is 0 Å². The minimum Gasteiger partial charge on any atom is -0.550 e. The summed E-state index contributed by atoms with van der Waals surface area (Å²) >= 11 is 0. The number of quaternary nitrogens is 1. The second-order valence-electron chi connectivity index (χ2n) is 4.58. The molecule has 0 aliphatic rings. The van der Waals surface area contributed by atoms with Crippen LogP contribution in [0.2, 0.25) is 0 Å². The molecule has 0 saturated heterocycles. The molecule has 0 aromatic rings. The van der Waals surface area contributed by atoms with Crippen molar-refractivity contribution in [2.45, 2.75) is 25.4 Å². The fraction of sp³-hybridized carbons (Fsp3) is 0.889. The Labute approximate surface area is 79.4 Å². The minimum atomic E-state index is -1.20. The van der Waals surface area contributed by atoms with Gasteiger partial charge in [0.05, 0.1) is 21.1 Å². The lowest BCUT2D eigenvalue weighted by atomic mass is 9.95. The van der Waals surface area contributed by atoms with Gasteiger partial charge in [0.25, 0.3) is 0 Å². The monoisotopic (exact) mass is 189 g/mol. The van der Waals surface area contributed by atoms with E-state index in [1.54, 1.807) is 6.92 Å². The van der Waals surface area contributed by atoms with Gasteiger partial charge in [-0.2, -0.15) is 0 Å². The number of likely N-dealkylation sites (N-methyl/N-ethyl adjacent to an activating group) is 1. The lowest BCUT2D eigenvalue weighted by Crippen LogP contribution is -2.51. The zero-order valence-corrected chi connectivity index (χ0v) is 8.83. The number of carboxylic acid groups (broad SMARTS) is 1. The zero-order chi connectivity index (χ0) is 10.7. The highest BCUT2D eigenvalue weighted by molar-refractivity contribution is 5.65. The average molecular weight is 189 g/mol. The van der Waals surface area contributed by atoms with E-state index in [-0.39, 0.29) is 6.42 Å². The van der Waals surface area contributed by atoms with Gasteiger partial charge < -0.3 is 19.5 Å². The molecule has 0 bridgehead atoms. The molecule has 78 valence electrons. The first-order valence-corrected chi connectivity index (χ1v) is 4.41. The molecule has 0 heterocycles. The molecule has 0 aromatic heterocycles. The summed E-state index contributed by atoms with van der Waals surface area (Å²) in [6.45, 7) is 2.19. The molecule has 13 heavy (non-hydrogen) atoms. The maximum atomic E-state index is 10.4. The second-order valence-corrected chi connectivity index (χ2v) is 4.58. The van der Waals surface area contributed by atoms with Crippen LogP contribution in [0.4, 0.5) is 0 Å². The van der Waals surface area contributed by atoms with Crippen molar-refractivity contribution < 1.29 is 19.5 Å². The van der Waals surface area contributed by atoms with Crippen LogP contribution >= 0.6 is 0 Å². The Kier molecular flexibility index (Phi) is 3.88. The third kappa shape index (κ3) is 5.60. The van der Waals surface area contributed by atoms with Crippen LogP contribution < -0.4 is 5.11 Å². The number of hydrogen-bond acceptors (Lipinski definition) is 3. The lowest BCUT2D eigenvalue weighted by Gasteiger charge is -2.35. The molecule has 0 spiro atoms. The third-order valence-electron chi connectivity index (χ3n) is 1.90. The van der Waals surface area contributed by atoms with E-state index in [1.807, 2.05) is 21.1 Å². The number of nitrogens with zero attached hydrogens (tertiary/aromatic N) is 1. The van der Waals surface area contributed by atoms with Crippen molar-refractivity contribution in [3.8, 4) is 0 Å². The molecule has 0 aromatic carbocycles. The van der Waals surface area contributed by atoms with Crippen molar-refractivity contribution >= 4 is 5.97 Å². The number of carbonyl (C=O) groups is 1. The summed E-state index contributed by atoms with van der Waals surface area (Å²) in [5, 5.41) is 20.3. The van der Waals surface area contributed by atoms with Crippen LogP contribution in [0, 0.1) is 0 Å². The van der Waals surface area contributed by atoms with Gasteiger partial charge in [-0.1, -0.05) is 6.92 Å². The molecule has 4 heteroatoms. The molecule has 0 rings (SSSR count). The van der Waals surface area contributed by atoms with E-state index in [0.717, 1.165) is 0 Å². The van der Waals surface area contributed by atoms with Gasteiger partial charge in [0, 0.05) is 12.4 Å². The normalized spacial score (nSPS) is 16.7. The molecule has 4 nitrogen and oxygen atoms in total. The van der Waals surface area contributed by atoms with E-state index in [1.165, 1.54) is 0 Å². The van der Waals surface area contributed by atoms with Gasteiger partial charge >= 0.3 is 0 Å². The van der Waals surface area contributed by atoms with Crippen molar-refractivity contribution in [3.05, 3.63) is 0 Å². The average Bonchev–Trinajstić information content (AvgIpc) is 1.81. The third-order valence-corrected chi connectivity index (χ3v) is 1.90. The van der Waals surface area contributed by atoms with E-state index in [9.17, 15) is 15.0 Å². The predicted molar refractivity (Wildman–Crippen MR) is 47.8 cm³/mol. The highest BCUT2D eigenvalue weighted by Gasteiger charge is 2.31. The second kappa shape index (κ2) is 4.07. The number of aliphatic carboxylic acids is 1. The number of aliphatic hydroxyl groups is 1. The van der Waals surface area contributed by atoms with Crippen molar-refractivity contribution in [2.24, 2.45) is 0 Å². The summed E-state index contributed by atoms with van der Waals surface area (Å²) in [4.78, 5) is 10.4. The lowest BCUT2D eigenvalue weighted by molar-refractivity contribution is -0.877. The van der Waals surface area contributed by atoms with Crippen LogP contribution in [0.15, 0.2) is 0 Å². The van der Waals surface area contributed by atoms with Gasteiger partial charge in [0.1, 0.15) is 12.1 Å². The smallest absolute Gasteiger partial charge is 0.118 e. The summed E-state index contributed by atoms with van der Waals surface area (Å²) in [6.07, 6.45) is 0.134. The van der Waals surface area contributed by atoms with Gasteiger partial charge in [0.2, 0.25) is 0 Å². The fourth-order valence-electron chi connectivity index (χ4n) is 1.44. The van der Waals surface area contributed by atoms with Crippen molar-refractivity contribution in [2.75, 3.05) is 27.7 Å². The highest BCUT2D eigenvalue weighted by atomic mass is 16.4. The molecular weight excluding hydrogens is 170 g/mol. The molecule has 0 saturated carbocycles. The number of hydrogen-bond donors (Lipinski definition) is 1. The van der Waals surface area contributed by atoms with E-state index >= 15 is 0 Å². The summed E-state index contributed by atoms with van der Waals surface area (Å²) in [7, 11) is 5.74. The Bertz CT molecular complexity index is 186. The Morgan fingerprint density at radius 3 is 2.15 bits per heavy atom. The highest BCUT2D eigenvalue weighted by Crippen LogP contribution is 2.17. The molecule has 0 radical (unpaired) electrons. The number of carbonyl (C=O) groups excluding carboxylic acids is 1. The minimum absolute atomic E-state index is 0.293. The van der Waals surface area contributed by atoms with Crippen LogP contribution in [-0.4, -0.2) is 48.8 Å². The van der Waals surface area contributed by atoms with Crippen molar-refractivity contribution in [3.63, 3.8) is 0 Å². The Hall–Kier alpha value is -0.610. The SMILES string of the molecule is CC[C@@](O)(CC(=O)[O-])C[N+](C)(C)C. The Morgan fingerprint density at radius 1 is 1.46 bits per heavy atom. The predicted octanol–water partition coefficient (Wildman–Crippen LogP) is -1.03. The zero-order valence-electron chi connectivity index (χ0n) is 8.83. The fourth-order valence-corrected chi connectivity index (χ4v) is 1.44. The quantitative estimate of drug-likeness (QED) is 0.563. The Morgan fingerprint density at radius 2 is 1.92 bits per heavy atom. The van der Waals surface area contributed by atoms with Crippen molar-refractivity contribution in [1.82, 2.24) is 0 Å². The van der Waals surface area contributed by atoms with Gasteiger partial charge in [-0.15, -0.1) is 0 Å². The van der Waals surface area contributed by atoms with Crippen LogP contribution in [0.5, 0.6) is 0 Å². The van der Waals surface area contributed by atoms with Gasteiger partial charge in [0.15, 0.2) is 0 Å². The standard InChI is InChI=1S/C9H19NO3/c1-5-9(13,6-8(11)12)7-10(2,3)4/h13H,5-7H2,1-4H3/t9-/m1/s1. The van der Waals surface area contributed by atoms with Crippen LogP contribution in [0.3, 0.4) is 0 Å². The molecule has 1 N–H and O–H groups in total. The molecule has 0 aliphatic carbocycles. The first-order chi connectivity index (χ1) is 5.68. The molecule has 0 amide bonds. The van der Waals surface area contributed by atoms with E-state index in [0.29, 0.717) is 17.4 Å². The first kappa shape index (κ1) is 12.4. The Balaban J connectivity index is 4.36. The van der Waals surface area contributed by atoms with Gasteiger partial charge in [-0.25, -0.2) is 0 Å². The molecular formula is C9H19NO3. The molecule has 0 aliphatic heterocycles. The van der Waals surface area contributed by atoms with Crippen LogP contribution in [0.25, 0.3) is 0 Å². The first-order valence-electron chi connectivity index (χ1n) is 4.41. The maximum Gasteiger partial charge on any atom is 0.118 e. The largest absolute Gasteiger partial charge is 0.550 e. The summed E-state index contributed by atoms with van der Waals surface area (Å²) in [5.74, 6) is -1.20. The van der Waals surface area contributed by atoms with Crippen LogP contribution in [0.1, 0.15) is 19.8 Å². The molecule has 1 atom stereocenters. The summed E-state index contributed by atoms with van der Waals surface area (Å²) in [5.41, 5.74) is -1.14. The van der Waals surface area contributed by atoms with Gasteiger partial charge in [-0.3, -0.25) is 0 Å². The summed E-state index contributed by atoms with van der Waals surface area (Å²) in [6, 6.07) is 0. The summed E-state index contributed by atoms with van der Waals surface area (Å²) < 4.78 is 0.539. The van der Waals surface area contributed by atoms with E-state index < -0.39 is 11.6 Å². The van der Waals surface area contributed by atoms with E-state index in [2.05, 4.69) is 0 Å². The van der Waals surface area contributed by atoms with Crippen LogP contribution in [-0.2, 0) is 4.79 Å². The maximum absolute atomic E-state index is 10.4. The van der Waals surface area contributed by atoms with Gasteiger partial charge in [-0.05, 0) is 6.42 Å². The molecule has 0 fully saturated rings. The topological polar surface area (TPSA) is 60.4 Å². The van der Waals surface area contributed by atoms with E-state index in [4.69, 9.17) is 0 Å². The number of rotatable bonds is 5.